The zero-order chi connectivity index (χ0) is 21.1. The SMILES string of the molecule is CCC1(CCN(C)S(=O)(=O)c2ccccn2)OCCN1S(=O)(=O)c1ccccn1. The second-order valence-corrected chi connectivity index (χ2v) is 10.4. The standard InChI is InChI=1S/C18H24N4O5S2/c1-3-18(10-13-21(2)28(23,24)16-8-4-6-11-19-16)22(14-15-27-18)29(25,26)17-9-5-7-12-20-17/h4-9,11-12H,3,10,13-15H2,1-2H3. The Balaban J connectivity index is 1.82. The van der Waals surface area contributed by atoms with E-state index in [4.69, 9.17) is 4.74 Å². The molecule has 9 nitrogen and oxygen atoms in total. The Labute approximate surface area is 171 Å². The second kappa shape index (κ2) is 8.44. The molecule has 1 aliphatic heterocycles. The predicted molar refractivity (Wildman–Crippen MR) is 106 cm³/mol. The Hall–Kier alpha value is -1.92. The lowest BCUT2D eigenvalue weighted by Gasteiger charge is -2.36. The summed E-state index contributed by atoms with van der Waals surface area (Å²) < 4.78 is 60.0. The van der Waals surface area contributed by atoms with E-state index >= 15 is 0 Å². The average Bonchev–Trinajstić information content (AvgIpc) is 3.18. The van der Waals surface area contributed by atoms with Gasteiger partial charge in [-0.05, 0) is 30.7 Å². The van der Waals surface area contributed by atoms with E-state index in [0.717, 1.165) is 0 Å². The minimum atomic E-state index is -3.88. The summed E-state index contributed by atoms with van der Waals surface area (Å²) in [6, 6.07) is 9.35. The van der Waals surface area contributed by atoms with Gasteiger partial charge in [0.25, 0.3) is 20.0 Å². The van der Waals surface area contributed by atoms with Crippen LogP contribution >= 0.6 is 0 Å². The molecule has 0 spiro atoms. The van der Waals surface area contributed by atoms with E-state index in [9.17, 15) is 16.8 Å². The van der Waals surface area contributed by atoms with Crippen LogP contribution in [0.15, 0.2) is 58.8 Å². The summed E-state index contributed by atoms with van der Waals surface area (Å²) in [5, 5.41) is -0.115. The molecule has 1 saturated heterocycles. The number of hydrogen-bond acceptors (Lipinski definition) is 7. The largest absolute Gasteiger partial charge is 0.358 e. The third-order valence-electron chi connectivity index (χ3n) is 4.99. The number of sulfonamides is 2. The molecule has 158 valence electrons. The first kappa shape index (κ1) is 21.8. The molecular weight excluding hydrogens is 416 g/mol. The third-order valence-corrected chi connectivity index (χ3v) is 8.63. The van der Waals surface area contributed by atoms with Gasteiger partial charge in [-0.3, -0.25) is 0 Å². The molecule has 0 saturated carbocycles. The second-order valence-electron chi connectivity index (χ2n) is 6.64. The van der Waals surface area contributed by atoms with Gasteiger partial charge >= 0.3 is 0 Å². The maximum Gasteiger partial charge on any atom is 0.263 e. The van der Waals surface area contributed by atoms with E-state index in [2.05, 4.69) is 9.97 Å². The molecule has 1 unspecified atom stereocenters. The minimum Gasteiger partial charge on any atom is -0.358 e. The van der Waals surface area contributed by atoms with E-state index in [1.165, 1.54) is 40.2 Å². The van der Waals surface area contributed by atoms with Crippen LogP contribution < -0.4 is 0 Å². The number of rotatable bonds is 8. The molecule has 0 aromatic carbocycles. The van der Waals surface area contributed by atoms with Gasteiger partial charge in [0.05, 0.1) is 6.61 Å². The predicted octanol–water partition coefficient (Wildman–Crippen LogP) is 1.31. The zero-order valence-corrected chi connectivity index (χ0v) is 17.9. The Bertz CT molecular complexity index is 1030. The summed E-state index contributed by atoms with van der Waals surface area (Å²) >= 11 is 0. The Morgan fingerprint density at radius 2 is 1.69 bits per heavy atom. The molecule has 0 N–H and O–H groups in total. The fraction of sp³-hybridized carbons (Fsp3) is 0.444. The van der Waals surface area contributed by atoms with Gasteiger partial charge in [0.2, 0.25) is 0 Å². The fourth-order valence-electron chi connectivity index (χ4n) is 3.31. The molecule has 0 amide bonds. The molecule has 0 aliphatic carbocycles. The molecule has 1 aliphatic rings. The average molecular weight is 441 g/mol. The summed E-state index contributed by atoms with van der Waals surface area (Å²) in [5.41, 5.74) is -1.13. The van der Waals surface area contributed by atoms with Crippen molar-refractivity contribution in [3.8, 4) is 0 Å². The maximum absolute atomic E-state index is 13.1. The highest BCUT2D eigenvalue weighted by Gasteiger charge is 2.48. The zero-order valence-electron chi connectivity index (χ0n) is 16.3. The summed E-state index contributed by atoms with van der Waals surface area (Å²) in [6.07, 6.45) is 3.38. The normalized spacial score (nSPS) is 20.9. The van der Waals surface area contributed by atoms with Crippen molar-refractivity contribution < 1.29 is 21.6 Å². The molecule has 0 radical (unpaired) electrons. The molecule has 3 heterocycles. The van der Waals surface area contributed by atoms with Crippen LogP contribution in [0.5, 0.6) is 0 Å². The molecule has 1 atom stereocenters. The number of nitrogens with zero attached hydrogens (tertiary/aromatic N) is 4. The molecule has 2 aromatic heterocycles. The maximum atomic E-state index is 13.1. The van der Waals surface area contributed by atoms with E-state index in [-0.39, 0.29) is 36.2 Å². The van der Waals surface area contributed by atoms with Gasteiger partial charge in [0, 0.05) is 39.0 Å². The summed E-state index contributed by atoms with van der Waals surface area (Å²) in [4.78, 5) is 7.88. The highest BCUT2D eigenvalue weighted by atomic mass is 32.2. The highest BCUT2D eigenvalue weighted by Crippen LogP contribution is 2.35. The van der Waals surface area contributed by atoms with Crippen molar-refractivity contribution in [2.45, 2.75) is 35.5 Å². The van der Waals surface area contributed by atoms with Crippen LogP contribution in [-0.4, -0.2) is 67.9 Å². The van der Waals surface area contributed by atoms with Crippen molar-refractivity contribution >= 4 is 20.0 Å². The smallest absolute Gasteiger partial charge is 0.263 e. The van der Waals surface area contributed by atoms with Crippen LogP contribution in [0, 0.1) is 0 Å². The lowest BCUT2D eigenvalue weighted by Crippen LogP contribution is -2.49. The lowest BCUT2D eigenvalue weighted by atomic mass is 10.1. The van der Waals surface area contributed by atoms with Crippen molar-refractivity contribution in [1.82, 2.24) is 18.6 Å². The van der Waals surface area contributed by atoms with Crippen molar-refractivity contribution in [3.05, 3.63) is 48.8 Å². The Morgan fingerprint density at radius 1 is 1.07 bits per heavy atom. The van der Waals surface area contributed by atoms with Crippen molar-refractivity contribution in [1.29, 1.82) is 0 Å². The number of aromatic nitrogens is 2. The molecular formula is C18H24N4O5S2. The first-order valence-corrected chi connectivity index (χ1v) is 12.1. The highest BCUT2D eigenvalue weighted by molar-refractivity contribution is 7.89. The Morgan fingerprint density at radius 3 is 2.24 bits per heavy atom. The van der Waals surface area contributed by atoms with E-state index in [1.54, 1.807) is 24.3 Å². The molecule has 29 heavy (non-hydrogen) atoms. The first-order chi connectivity index (χ1) is 13.7. The first-order valence-electron chi connectivity index (χ1n) is 9.19. The van der Waals surface area contributed by atoms with Crippen LogP contribution in [0.1, 0.15) is 19.8 Å². The van der Waals surface area contributed by atoms with Crippen LogP contribution in [0.3, 0.4) is 0 Å². The van der Waals surface area contributed by atoms with Gasteiger partial charge < -0.3 is 4.74 Å². The van der Waals surface area contributed by atoms with Crippen LogP contribution in [0.25, 0.3) is 0 Å². The van der Waals surface area contributed by atoms with Crippen molar-refractivity contribution in [3.63, 3.8) is 0 Å². The van der Waals surface area contributed by atoms with Crippen LogP contribution in [0.4, 0.5) is 0 Å². The summed E-state index contributed by atoms with van der Waals surface area (Å²) in [6.45, 7) is 2.31. The van der Waals surface area contributed by atoms with E-state index in [0.29, 0.717) is 6.42 Å². The molecule has 3 rings (SSSR count). The minimum absolute atomic E-state index is 0.0571. The monoisotopic (exact) mass is 440 g/mol. The van der Waals surface area contributed by atoms with E-state index < -0.39 is 25.8 Å². The lowest BCUT2D eigenvalue weighted by molar-refractivity contribution is -0.0600. The van der Waals surface area contributed by atoms with Crippen molar-refractivity contribution in [2.24, 2.45) is 0 Å². The van der Waals surface area contributed by atoms with Gasteiger partial charge in [0.1, 0.15) is 5.72 Å². The van der Waals surface area contributed by atoms with Gasteiger partial charge in [-0.15, -0.1) is 0 Å². The summed E-state index contributed by atoms with van der Waals surface area (Å²) in [5.74, 6) is 0. The van der Waals surface area contributed by atoms with Crippen LogP contribution in [-0.2, 0) is 24.8 Å². The number of hydrogen-bond donors (Lipinski definition) is 0. The van der Waals surface area contributed by atoms with Gasteiger partial charge in [-0.2, -0.15) is 8.61 Å². The van der Waals surface area contributed by atoms with E-state index in [1.807, 2.05) is 6.92 Å². The van der Waals surface area contributed by atoms with Crippen LogP contribution in [0.2, 0.25) is 0 Å². The summed E-state index contributed by atoms with van der Waals surface area (Å²) in [7, 11) is -6.22. The molecule has 2 aromatic rings. The fourth-order valence-corrected chi connectivity index (χ4v) is 6.10. The van der Waals surface area contributed by atoms with Crippen molar-refractivity contribution in [2.75, 3.05) is 26.7 Å². The number of ether oxygens (including phenoxy) is 1. The third kappa shape index (κ3) is 4.19. The molecule has 1 fully saturated rings. The molecule has 11 heteroatoms. The topological polar surface area (TPSA) is 110 Å². The van der Waals surface area contributed by atoms with Gasteiger partial charge in [0.15, 0.2) is 10.1 Å². The molecule has 0 bridgehead atoms. The Kier molecular flexibility index (Phi) is 6.34. The van der Waals surface area contributed by atoms with Gasteiger partial charge in [-0.1, -0.05) is 19.1 Å². The van der Waals surface area contributed by atoms with Gasteiger partial charge in [-0.25, -0.2) is 26.8 Å². The quantitative estimate of drug-likeness (QED) is 0.609. The number of pyridine rings is 2.